The van der Waals surface area contributed by atoms with Crippen molar-refractivity contribution in [3.63, 3.8) is 0 Å². The smallest absolute Gasteiger partial charge is 0.0610 e. The molecular weight excluding hydrogens is 166 g/mol. The van der Waals surface area contributed by atoms with E-state index in [1.54, 1.807) is 11.8 Å². The molecule has 1 fully saturated rings. The minimum absolute atomic E-state index is 0.926. The van der Waals surface area contributed by atoms with Crippen LogP contribution in [0.25, 0.3) is 0 Å². The maximum atomic E-state index is 3.16. The number of nitrogens with zero attached hydrogens (tertiary/aromatic N) is 1. The summed E-state index contributed by atoms with van der Waals surface area (Å²) < 4.78 is 0. The summed E-state index contributed by atoms with van der Waals surface area (Å²) in [5.41, 5.74) is 0. The van der Waals surface area contributed by atoms with Gasteiger partial charge in [0.1, 0.15) is 0 Å². The summed E-state index contributed by atoms with van der Waals surface area (Å²) in [6.45, 7) is 5.78. The molecule has 0 N–H and O–H groups in total. The lowest BCUT2D eigenvalue weighted by atomic mass is 9.99. The van der Waals surface area contributed by atoms with Crippen LogP contribution in [-0.2, 0) is 0 Å². The third kappa shape index (κ3) is 3.51. The van der Waals surface area contributed by atoms with Crippen LogP contribution in [0.4, 0.5) is 0 Å². The molecule has 0 amide bonds. The zero-order chi connectivity index (χ0) is 8.81. The highest BCUT2D eigenvalue weighted by molar-refractivity contribution is 8.03. The SMILES string of the molecule is CSC#CCN1CCC(C)CC1. The summed E-state index contributed by atoms with van der Waals surface area (Å²) in [5, 5.41) is 3.03. The first-order valence-electron chi connectivity index (χ1n) is 4.56. The molecule has 0 bridgehead atoms. The first-order valence-corrected chi connectivity index (χ1v) is 5.78. The predicted octanol–water partition coefficient (Wildman–Crippen LogP) is 2.04. The molecule has 0 aromatic heterocycles. The van der Waals surface area contributed by atoms with Crippen LogP contribution in [0.3, 0.4) is 0 Å². The van der Waals surface area contributed by atoms with Crippen molar-refractivity contribution in [2.24, 2.45) is 5.92 Å². The summed E-state index contributed by atoms with van der Waals surface area (Å²) in [6.07, 6.45) is 4.72. The zero-order valence-corrected chi connectivity index (χ0v) is 8.78. The van der Waals surface area contributed by atoms with E-state index in [-0.39, 0.29) is 0 Å². The van der Waals surface area contributed by atoms with Crippen molar-refractivity contribution in [3.05, 3.63) is 0 Å². The van der Waals surface area contributed by atoms with Gasteiger partial charge in [-0.2, -0.15) is 0 Å². The van der Waals surface area contributed by atoms with Gasteiger partial charge in [0.25, 0.3) is 0 Å². The molecule has 0 atom stereocenters. The second kappa shape index (κ2) is 5.50. The summed E-state index contributed by atoms with van der Waals surface area (Å²) in [6, 6.07) is 0. The van der Waals surface area contributed by atoms with E-state index in [0.717, 1.165) is 12.5 Å². The van der Waals surface area contributed by atoms with Gasteiger partial charge < -0.3 is 0 Å². The van der Waals surface area contributed by atoms with E-state index in [1.165, 1.54) is 25.9 Å². The van der Waals surface area contributed by atoms with E-state index in [4.69, 9.17) is 0 Å². The predicted molar refractivity (Wildman–Crippen MR) is 56.1 cm³/mol. The quantitative estimate of drug-likeness (QED) is 0.572. The van der Waals surface area contributed by atoms with Crippen molar-refractivity contribution < 1.29 is 0 Å². The molecule has 0 radical (unpaired) electrons. The fourth-order valence-electron chi connectivity index (χ4n) is 1.44. The van der Waals surface area contributed by atoms with Crippen LogP contribution in [0.15, 0.2) is 0 Å². The van der Waals surface area contributed by atoms with Gasteiger partial charge in [-0.3, -0.25) is 4.90 Å². The number of rotatable bonds is 1. The highest BCUT2D eigenvalue weighted by Gasteiger charge is 2.13. The second-order valence-electron chi connectivity index (χ2n) is 3.44. The molecule has 1 heterocycles. The maximum absolute atomic E-state index is 3.16. The highest BCUT2D eigenvalue weighted by Crippen LogP contribution is 2.14. The lowest BCUT2D eigenvalue weighted by Gasteiger charge is -2.28. The number of likely N-dealkylation sites (tertiary alicyclic amines) is 1. The molecule has 0 saturated carbocycles. The fourth-order valence-corrected chi connectivity index (χ4v) is 1.65. The van der Waals surface area contributed by atoms with Gasteiger partial charge >= 0.3 is 0 Å². The van der Waals surface area contributed by atoms with Crippen LogP contribution in [0, 0.1) is 17.1 Å². The molecule has 1 nitrogen and oxygen atoms in total. The van der Waals surface area contributed by atoms with Gasteiger partial charge in [-0.25, -0.2) is 0 Å². The van der Waals surface area contributed by atoms with Crippen molar-refractivity contribution >= 4 is 11.8 Å². The molecule has 0 spiro atoms. The first kappa shape index (κ1) is 9.95. The summed E-state index contributed by atoms with van der Waals surface area (Å²) in [5.74, 6) is 4.08. The Hall–Kier alpha value is -0.130. The molecule has 12 heavy (non-hydrogen) atoms. The third-order valence-corrected chi connectivity index (χ3v) is 2.70. The van der Waals surface area contributed by atoms with E-state index in [2.05, 4.69) is 23.0 Å². The lowest BCUT2D eigenvalue weighted by molar-refractivity contribution is 0.213. The number of hydrogen-bond donors (Lipinski definition) is 0. The van der Waals surface area contributed by atoms with Crippen LogP contribution < -0.4 is 0 Å². The molecule has 1 aliphatic heterocycles. The Kier molecular flexibility index (Phi) is 4.57. The second-order valence-corrected chi connectivity index (χ2v) is 4.05. The van der Waals surface area contributed by atoms with Crippen molar-refractivity contribution in [1.29, 1.82) is 0 Å². The van der Waals surface area contributed by atoms with E-state index in [9.17, 15) is 0 Å². The average Bonchev–Trinajstić information content (AvgIpc) is 2.09. The van der Waals surface area contributed by atoms with Crippen LogP contribution in [0.1, 0.15) is 19.8 Å². The van der Waals surface area contributed by atoms with Gasteiger partial charge in [0.15, 0.2) is 0 Å². The largest absolute Gasteiger partial charge is 0.292 e. The minimum atomic E-state index is 0.926. The Bertz CT molecular complexity index is 172. The van der Waals surface area contributed by atoms with Crippen molar-refractivity contribution in [2.45, 2.75) is 19.8 Å². The average molecular weight is 183 g/mol. The molecule has 1 saturated heterocycles. The molecule has 68 valence electrons. The van der Waals surface area contributed by atoms with Crippen molar-refractivity contribution in [1.82, 2.24) is 4.90 Å². The van der Waals surface area contributed by atoms with Crippen molar-refractivity contribution in [3.8, 4) is 11.2 Å². The topological polar surface area (TPSA) is 3.24 Å². The van der Waals surface area contributed by atoms with Gasteiger partial charge in [0.2, 0.25) is 0 Å². The first-order chi connectivity index (χ1) is 5.83. The Morgan fingerprint density at radius 1 is 1.42 bits per heavy atom. The Morgan fingerprint density at radius 3 is 2.67 bits per heavy atom. The summed E-state index contributed by atoms with van der Waals surface area (Å²) in [7, 11) is 0. The summed E-state index contributed by atoms with van der Waals surface area (Å²) >= 11 is 1.60. The van der Waals surface area contributed by atoms with Crippen LogP contribution in [-0.4, -0.2) is 30.8 Å². The van der Waals surface area contributed by atoms with Gasteiger partial charge in [-0.1, -0.05) is 24.6 Å². The monoisotopic (exact) mass is 183 g/mol. The lowest BCUT2D eigenvalue weighted by Crippen LogP contribution is -2.33. The standard InChI is InChI=1S/C10H17NS/c1-10-4-7-11(8-5-10)6-3-9-12-2/h10H,4-8H2,1-2H3. The maximum Gasteiger partial charge on any atom is 0.0610 e. The number of hydrogen-bond acceptors (Lipinski definition) is 2. The van der Waals surface area contributed by atoms with E-state index in [0.29, 0.717) is 0 Å². The van der Waals surface area contributed by atoms with E-state index in [1.807, 2.05) is 6.26 Å². The van der Waals surface area contributed by atoms with Crippen LogP contribution >= 0.6 is 11.8 Å². The molecular formula is C10H17NS. The Morgan fingerprint density at radius 2 is 2.08 bits per heavy atom. The normalized spacial score (nSPS) is 20.2. The van der Waals surface area contributed by atoms with E-state index < -0.39 is 0 Å². The minimum Gasteiger partial charge on any atom is -0.292 e. The molecule has 0 aliphatic carbocycles. The Labute approximate surface area is 79.9 Å². The number of thioether (sulfide) groups is 1. The number of piperidine rings is 1. The molecule has 2 heteroatoms. The summed E-state index contributed by atoms with van der Waals surface area (Å²) in [4.78, 5) is 2.45. The zero-order valence-electron chi connectivity index (χ0n) is 7.97. The Balaban J connectivity index is 2.17. The van der Waals surface area contributed by atoms with Gasteiger partial charge in [0, 0.05) is 0 Å². The van der Waals surface area contributed by atoms with E-state index >= 15 is 0 Å². The molecule has 1 aliphatic rings. The highest BCUT2D eigenvalue weighted by atomic mass is 32.2. The molecule has 0 unspecified atom stereocenters. The van der Waals surface area contributed by atoms with Gasteiger partial charge in [-0.15, -0.1) is 0 Å². The fraction of sp³-hybridized carbons (Fsp3) is 0.800. The van der Waals surface area contributed by atoms with Crippen LogP contribution in [0.2, 0.25) is 0 Å². The molecule has 0 aromatic carbocycles. The van der Waals surface area contributed by atoms with Crippen molar-refractivity contribution in [2.75, 3.05) is 25.9 Å². The van der Waals surface area contributed by atoms with Gasteiger partial charge in [-0.05, 0) is 43.4 Å². The molecule has 1 rings (SSSR count). The third-order valence-electron chi connectivity index (χ3n) is 2.35. The van der Waals surface area contributed by atoms with Crippen LogP contribution in [0.5, 0.6) is 0 Å². The molecule has 0 aromatic rings. The van der Waals surface area contributed by atoms with Gasteiger partial charge in [0.05, 0.1) is 6.54 Å².